The lowest BCUT2D eigenvalue weighted by molar-refractivity contribution is 0.0622. The van der Waals surface area contributed by atoms with Crippen molar-refractivity contribution in [2.24, 2.45) is 0 Å². The first-order chi connectivity index (χ1) is 20.4. The Balaban J connectivity index is 0.000000530. The molecule has 0 bridgehead atoms. The summed E-state index contributed by atoms with van der Waals surface area (Å²) in [5.41, 5.74) is -6.70. The lowest BCUT2D eigenvalue weighted by atomic mass is 9.81. The van der Waals surface area contributed by atoms with Crippen molar-refractivity contribution in [1.29, 1.82) is 0 Å². The minimum atomic E-state index is -2.10. The van der Waals surface area contributed by atoms with Crippen molar-refractivity contribution in [2.45, 2.75) is 0 Å². The Hall–Kier alpha value is -6.50. The number of carboxylic acids is 6. The predicted octanol–water partition coefficient (Wildman–Crippen LogP) is 4.51. The Morgan fingerprint density at radius 3 is 1.30 bits per heavy atom. The number of rotatable bonds is 6. The van der Waals surface area contributed by atoms with Gasteiger partial charge in [0.05, 0.1) is 33.4 Å². The van der Waals surface area contributed by atoms with Crippen molar-refractivity contribution in [3.05, 3.63) is 106 Å². The van der Waals surface area contributed by atoms with Gasteiger partial charge in [-0.2, -0.15) is 0 Å². The quantitative estimate of drug-likeness (QED) is 0.154. The molecule has 5 rings (SSSR count). The molecule has 0 aliphatic carbocycles. The van der Waals surface area contributed by atoms with E-state index in [1.165, 1.54) is 30.3 Å². The van der Waals surface area contributed by atoms with Gasteiger partial charge in [-0.15, -0.1) is 0 Å². The summed E-state index contributed by atoms with van der Waals surface area (Å²) >= 11 is 0. The van der Waals surface area contributed by atoms with Gasteiger partial charge in [-0.3, -0.25) is 0 Å². The smallest absolute Gasteiger partial charge is 0.337 e. The highest BCUT2D eigenvalue weighted by Crippen LogP contribution is 2.43. The molecule has 0 radical (unpaired) electrons. The van der Waals surface area contributed by atoms with Crippen LogP contribution in [0.4, 0.5) is 0 Å². The molecule has 0 aromatic heterocycles. The molecule has 0 saturated carbocycles. The van der Waals surface area contributed by atoms with Crippen LogP contribution in [-0.4, -0.2) is 66.5 Å². The molecular weight excluding hydrogens is 566 g/mol. The summed E-state index contributed by atoms with van der Waals surface area (Å²) in [6, 6.07) is 7.81. The summed E-state index contributed by atoms with van der Waals surface area (Å²) in [4.78, 5) is 73.1. The van der Waals surface area contributed by atoms with Crippen LogP contribution in [0, 0.1) is 0 Å². The van der Waals surface area contributed by atoms with Crippen LogP contribution in [0.5, 0.6) is 0 Å². The lowest BCUT2D eigenvalue weighted by Crippen LogP contribution is -2.21. The molecule has 0 atom stereocenters. The zero-order valence-electron chi connectivity index (χ0n) is 21.6. The average molecular weight is 585 g/mol. The van der Waals surface area contributed by atoms with E-state index >= 15 is 0 Å². The van der Waals surface area contributed by atoms with Gasteiger partial charge in [-0.25, -0.2) is 28.8 Å². The second-order valence-electron chi connectivity index (χ2n) is 8.81. The normalized spacial score (nSPS) is 11.8. The molecule has 216 valence electrons. The van der Waals surface area contributed by atoms with Gasteiger partial charge in [0.25, 0.3) is 0 Å². The zero-order valence-corrected chi connectivity index (χ0v) is 21.6. The van der Waals surface area contributed by atoms with Crippen LogP contribution in [0.1, 0.15) is 62.1 Å². The summed E-state index contributed by atoms with van der Waals surface area (Å²) in [7, 11) is 0. The molecule has 1 aliphatic rings. The van der Waals surface area contributed by atoms with E-state index in [1.54, 1.807) is 0 Å². The number of benzene rings is 4. The summed E-state index contributed by atoms with van der Waals surface area (Å²) in [6.07, 6.45) is 11.6. The van der Waals surface area contributed by atoms with Gasteiger partial charge in [0.1, 0.15) is 0 Å². The molecule has 0 fully saturated rings. The number of carboxylic acid groups (broad SMARTS) is 6. The highest BCUT2D eigenvalue weighted by Gasteiger charge is 2.36. The van der Waals surface area contributed by atoms with Gasteiger partial charge in [0.15, 0.2) is 0 Å². The molecule has 0 amide bonds. The van der Waals surface area contributed by atoms with E-state index in [0.717, 1.165) is 6.07 Å². The number of hydrogen-bond acceptors (Lipinski definition) is 7. The van der Waals surface area contributed by atoms with E-state index in [9.17, 15) is 59.4 Å². The monoisotopic (exact) mass is 585 g/mol. The Morgan fingerprint density at radius 1 is 0.419 bits per heavy atom. The van der Waals surface area contributed by atoms with Crippen LogP contribution in [0.25, 0.3) is 32.3 Å². The molecular formula is C30H19NO12. The van der Waals surface area contributed by atoms with Crippen LogP contribution < -0.4 is 5.32 Å². The number of aromatic carboxylic acids is 6. The van der Waals surface area contributed by atoms with Crippen molar-refractivity contribution < 1.29 is 59.4 Å². The van der Waals surface area contributed by atoms with E-state index in [2.05, 4.69) is 5.32 Å². The summed E-state index contributed by atoms with van der Waals surface area (Å²) in [5.74, 6) is -11.6. The standard InChI is InChI=1S/C24H12O12.C6H7N/c25-19(26)10-6-5-9-7-3-1-2-4-8(7)12-14(11(9)13(10)20(27)28)16(22(31)32)18(24(35)36)17(23(33)34)15(12)21(29)30;1-2-4-6-7-5-3-1/h1-6H,(H,25,26)(H,27,28)(H,29,30)(H,31,32)(H,33,34)(H,35,36);1-7H. The van der Waals surface area contributed by atoms with E-state index < -0.39 is 85.4 Å². The maximum absolute atomic E-state index is 12.4. The van der Waals surface area contributed by atoms with Gasteiger partial charge in [-0.1, -0.05) is 42.5 Å². The average Bonchev–Trinajstić information content (AvgIpc) is 3.28. The third-order valence-electron chi connectivity index (χ3n) is 6.46. The lowest BCUT2D eigenvalue weighted by Gasteiger charge is -2.20. The van der Waals surface area contributed by atoms with Crippen molar-refractivity contribution >= 4 is 68.1 Å². The van der Waals surface area contributed by atoms with Crippen molar-refractivity contribution in [3.8, 4) is 0 Å². The Morgan fingerprint density at radius 2 is 0.837 bits per heavy atom. The number of nitrogens with one attached hydrogen (secondary N) is 1. The van der Waals surface area contributed by atoms with E-state index in [-0.39, 0.29) is 16.2 Å². The Bertz CT molecular complexity index is 1980. The van der Waals surface area contributed by atoms with E-state index in [1.807, 2.05) is 36.7 Å². The fraction of sp³-hybridized carbons (Fsp3) is 0. The van der Waals surface area contributed by atoms with Crippen LogP contribution in [0.3, 0.4) is 0 Å². The largest absolute Gasteiger partial charge is 0.478 e. The van der Waals surface area contributed by atoms with Gasteiger partial charge < -0.3 is 36.0 Å². The van der Waals surface area contributed by atoms with E-state index in [0.29, 0.717) is 0 Å². The van der Waals surface area contributed by atoms with Crippen molar-refractivity contribution in [1.82, 2.24) is 5.32 Å². The molecule has 7 N–H and O–H groups in total. The topological polar surface area (TPSA) is 236 Å². The molecule has 13 nitrogen and oxygen atoms in total. The maximum Gasteiger partial charge on any atom is 0.337 e. The minimum Gasteiger partial charge on any atom is -0.478 e. The highest BCUT2D eigenvalue weighted by atomic mass is 16.4. The number of allylic oxidation sites excluding steroid dienone is 4. The van der Waals surface area contributed by atoms with Gasteiger partial charge in [-0.05, 0) is 34.4 Å². The first-order valence-electron chi connectivity index (χ1n) is 12.0. The molecule has 0 unspecified atom stereocenters. The predicted molar refractivity (Wildman–Crippen MR) is 151 cm³/mol. The Labute approximate surface area is 239 Å². The fourth-order valence-corrected chi connectivity index (χ4v) is 4.95. The summed E-state index contributed by atoms with van der Waals surface area (Å²) < 4.78 is 0. The fourth-order valence-electron chi connectivity index (χ4n) is 4.95. The molecule has 4 aromatic carbocycles. The second-order valence-corrected chi connectivity index (χ2v) is 8.81. The maximum atomic E-state index is 12.4. The van der Waals surface area contributed by atoms with E-state index in [4.69, 9.17) is 0 Å². The Kier molecular flexibility index (Phi) is 7.91. The van der Waals surface area contributed by atoms with Crippen molar-refractivity contribution in [2.75, 3.05) is 0 Å². The molecule has 1 aliphatic heterocycles. The molecule has 4 aromatic rings. The molecule has 0 saturated heterocycles. The van der Waals surface area contributed by atoms with Gasteiger partial charge in [0, 0.05) is 28.6 Å². The van der Waals surface area contributed by atoms with Crippen LogP contribution in [0.2, 0.25) is 0 Å². The molecule has 43 heavy (non-hydrogen) atoms. The highest BCUT2D eigenvalue weighted by molar-refractivity contribution is 6.38. The molecule has 0 spiro atoms. The first kappa shape index (κ1) is 29.5. The number of fused-ring (bicyclic) bond motifs is 6. The van der Waals surface area contributed by atoms with Gasteiger partial charge >= 0.3 is 35.8 Å². The summed E-state index contributed by atoms with van der Waals surface area (Å²) in [6.45, 7) is 0. The van der Waals surface area contributed by atoms with Crippen LogP contribution >= 0.6 is 0 Å². The number of hydrogen-bond donors (Lipinski definition) is 7. The third-order valence-corrected chi connectivity index (χ3v) is 6.46. The SMILES string of the molecule is C1=CC=CNC=C1.O=C(O)c1ccc2c3ccccc3c3c(C(=O)O)c(C(=O)O)c(C(=O)O)c(C(=O)O)c3c2c1C(=O)O. The third kappa shape index (κ3) is 5.09. The zero-order chi connectivity index (χ0) is 31.6. The minimum absolute atomic E-state index is 0.0150. The van der Waals surface area contributed by atoms with Gasteiger partial charge in [0.2, 0.25) is 0 Å². The second kappa shape index (κ2) is 11.5. The number of carbonyl (C=O) groups is 6. The van der Waals surface area contributed by atoms with Crippen molar-refractivity contribution in [3.63, 3.8) is 0 Å². The molecule has 1 heterocycles. The summed E-state index contributed by atoms with van der Waals surface area (Å²) in [5, 5.41) is 60.3. The van der Waals surface area contributed by atoms with Crippen LogP contribution in [-0.2, 0) is 0 Å². The first-order valence-corrected chi connectivity index (χ1v) is 12.0. The van der Waals surface area contributed by atoms with Crippen LogP contribution in [0.15, 0.2) is 73.1 Å². The molecule has 13 heteroatoms.